The van der Waals surface area contributed by atoms with E-state index in [0.717, 1.165) is 6.26 Å². The van der Waals surface area contributed by atoms with Crippen molar-refractivity contribution in [3.63, 3.8) is 0 Å². The van der Waals surface area contributed by atoms with Crippen LogP contribution in [0.3, 0.4) is 0 Å². The standard InChI is InChI=1S/C10H11FO3S/c1-3-7-4-9(11)8(6-12)10(5-7)15(2,13)14/h4-6H,3H2,1-2H3. The van der Waals surface area contributed by atoms with Crippen LogP contribution < -0.4 is 0 Å². The molecule has 0 aliphatic carbocycles. The van der Waals surface area contributed by atoms with E-state index in [4.69, 9.17) is 0 Å². The number of carbonyl (C=O) groups is 1. The van der Waals surface area contributed by atoms with Crippen molar-refractivity contribution in [3.8, 4) is 0 Å². The summed E-state index contributed by atoms with van der Waals surface area (Å²) in [5, 5.41) is 0. The highest BCUT2D eigenvalue weighted by molar-refractivity contribution is 7.90. The van der Waals surface area contributed by atoms with Crippen molar-refractivity contribution < 1.29 is 17.6 Å². The third kappa shape index (κ3) is 2.41. The lowest BCUT2D eigenvalue weighted by molar-refractivity contribution is 0.111. The number of hydrogen-bond donors (Lipinski definition) is 0. The summed E-state index contributed by atoms with van der Waals surface area (Å²) >= 11 is 0. The maximum atomic E-state index is 13.3. The highest BCUT2D eigenvalue weighted by Crippen LogP contribution is 2.20. The Morgan fingerprint density at radius 3 is 2.40 bits per heavy atom. The molecular weight excluding hydrogens is 219 g/mol. The molecule has 5 heteroatoms. The van der Waals surface area contributed by atoms with Gasteiger partial charge in [0.1, 0.15) is 5.82 Å². The van der Waals surface area contributed by atoms with Crippen LogP contribution in [0.25, 0.3) is 0 Å². The molecule has 82 valence electrons. The van der Waals surface area contributed by atoms with Crippen LogP contribution in [0, 0.1) is 5.82 Å². The number of aldehydes is 1. The van der Waals surface area contributed by atoms with Gasteiger partial charge in [0, 0.05) is 6.26 Å². The van der Waals surface area contributed by atoms with E-state index >= 15 is 0 Å². The number of carbonyl (C=O) groups excluding carboxylic acids is 1. The molecule has 0 radical (unpaired) electrons. The Labute approximate surface area is 87.8 Å². The summed E-state index contributed by atoms with van der Waals surface area (Å²) in [6, 6.07) is 2.51. The van der Waals surface area contributed by atoms with Gasteiger partial charge in [-0.2, -0.15) is 0 Å². The van der Waals surface area contributed by atoms with Crippen LogP contribution in [0.5, 0.6) is 0 Å². The van der Waals surface area contributed by atoms with Gasteiger partial charge in [-0.3, -0.25) is 4.79 Å². The van der Waals surface area contributed by atoms with Gasteiger partial charge in [-0.15, -0.1) is 0 Å². The van der Waals surface area contributed by atoms with Gasteiger partial charge in [-0.25, -0.2) is 12.8 Å². The first-order valence-corrected chi connectivity index (χ1v) is 6.27. The maximum Gasteiger partial charge on any atom is 0.176 e. The third-order valence-electron chi connectivity index (χ3n) is 2.08. The average molecular weight is 230 g/mol. The van der Waals surface area contributed by atoms with E-state index in [1.54, 1.807) is 6.92 Å². The fraction of sp³-hybridized carbons (Fsp3) is 0.300. The maximum absolute atomic E-state index is 13.3. The first-order valence-electron chi connectivity index (χ1n) is 4.37. The predicted molar refractivity (Wildman–Crippen MR) is 54.3 cm³/mol. The van der Waals surface area contributed by atoms with Gasteiger partial charge in [0.05, 0.1) is 10.5 Å². The van der Waals surface area contributed by atoms with Crippen LogP contribution >= 0.6 is 0 Å². The second kappa shape index (κ2) is 4.10. The minimum Gasteiger partial charge on any atom is -0.298 e. The molecule has 0 fully saturated rings. The van der Waals surface area contributed by atoms with Crippen molar-refractivity contribution in [1.82, 2.24) is 0 Å². The quantitative estimate of drug-likeness (QED) is 0.741. The highest BCUT2D eigenvalue weighted by Gasteiger charge is 2.17. The molecule has 3 nitrogen and oxygen atoms in total. The molecule has 0 N–H and O–H groups in total. The summed E-state index contributed by atoms with van der Waals surface area (Å²) in [6.45, 7) is 1.78. The van der Waals surface area contributed by atoms with E-state index in [0.29, 0.717) is 12.0 Å². The zero-order valence-electron chi connectivity index (χ0n) is 8.45. The molecule has 0 unspecified atom stereocenters. The summed E-state index contributed by atoms with van der Waals surface area (Å²) < 4.78 is 35.9. The molecule has 1 aromatic carbocycles. The van der Waals surface area contributed by atoms with E-state index in [-0.39, 0.29) is 11.2 Å². The fourth-order valence-electron chi connectivity index (χ4n) is 1.27. The monoisotopic (exact) mass is 230 g/mol. The topological polar surface area (TPSA) is 51.2 Å². The highest BCUT2D eigenvalue weighted by atomic mass is 32.2. The average Bonchev–Trinajstić information content (AvgIpc) is 2.15. The normalized spacial score (nSPS) is 11.4. The molecule has 0 bridgehead atoms. The second-order valence-electron chi connectivity index (χ2n) is 3.23. The van der Waals surface area contributed by atoms with Gasteiger partial charge in [0.15, 0.2) is 16.1 Å². The Hall–Kier alpha value is -1.23. The van der Waals surface area contributed by atoms with Gasteiger partial charge in [0.25, 0.3) is 0 Å². The molecule has 0 heterocycles. The summed E-state index contributed by atoms with van der Waals surface area (Å²) in [5.41, 5.74) is 0.160. The lowest BCUT2D eigenvalue weighted by atomic mass is 10.1. The Kier molecular flexibility index (Phi) is 3.24. The number of benzene rings is 1. The van der Waals surface area contributed by atoms with E-state index < -0.39 is 21.2 Å². The molecule has 0 saturated heterocycles. The zero-order valence-corrected chi connectivity index (χ0v) is 9.27. The summed E-state index contributed by atoms with van der Waals surface area (Å²) in [4.78, 5) is 10.3. The summed E-state index contributed by atoms with van der Waals surface area (Å²) in [7, 11) is -3.57. The Morgan fingerprint density at radius 2 is 2.00 bits per heavy atom. The van der Waals surface area contributed by atoms with Crippen LogP contribution in [-0.4, -0.2) is 21.0 Å². The van der Waals surface area contributed by atoms with Gasteiger partial charge >= 0.3 is 0 Å². The first kappa shape index (κ1) is 11.8. The molecule has 0 aliphatic rings. The Bertz CT molecular complexity index is 492. The molecule has 0 saturated carbocycles. The zero-order chi connectivity index (χ0) is 11.6. The number of rotatable bonds is 3. The Balaban J connectivity index is 3.60. The van der Waals surface area contributed by atoms with Crippen LogP contribution in [0.4, 0.5) is 4.39 Å². The summed E-state index contributed by atoms with van der Waals surface area (Å²) in [6.07, 6.45) is 1.69. The third-order valence-corrected chi connectivity index (χ3v) is 3.21. The molecule has 0 atom stereocenters. The molecule has 0 spiro atoms. The van der Waals surface area contributed by atoms with Crippen molar-refractivity contribution in [2.45, 2.75) is 18.2 Å². The SMILES string of the molecule is CCc1cc(F)c(C=O)c(S(C)(=O)=O)c1. The van der Waals surface area contributed by atoms with Crippen molar-refractivity contribution >= 4 is 16.1 Å². The number of aryl methyl sites for hydroxylation is 1. The number of hydrogen-bond acceptors (Lipinski definition) is 3. The molecule has 1 rings (SSSR count). The number of sulfone groups is 1. The van der Waals surface area contributed by atoms with Gasteiger partial charge < -0.3 is 0 Å². The molecule has 0 amide bonds. The van der Waals surface area contributed by atoms with Crippen molar-refractivity contribution in [1.29, 1.82) is 0 Å². The lowest BCUT2D eigenvalue weighted by Gasteiger charge is -2.06. The smallest absolute Gasteiger partial charge is 0.176 e. The molecular formula is C10H11FO3S. The fourth-order valence-corrected chi connectivity index (χ4v) is 2.18. The molecule has 15 heavy (non-hydrogen) atoms. The minimum absolute atomic E-state index is 0.227. The minimum atomic E-state index is -3.57. The molecule has 1 aromatic rings. The van der Waals surface area contributed by atoms with Crippen LogP contribution in [0.1, 0.15) is 22.8 Å². The van der Waals surface area contributed by atoms with Crippen LogP contribution in [-0.2, 0) is 16.3 Å². The molecule has 0 aliphatic heterocycles. The van der Waals surface area contributed by atoms with Crippen LogP contribution in [0.2, 0.25) is 0 Å². The van der Waals surface area contributed by atoms with Crippen molar-refractivity contribution in [2.75, 3.05) is 6.26 Å². The van der Waals surface area contributed by atoms with Gasteiger partial charge in [0.2, 0.25) is 0 Å². The Morgan fingerprint density at radius 1 is 1.40 bits per heavy atom. The van der Waals surface area contributed by atoms with E-state index in [1.165, 1.54) is 12.1 Å². The van der Waals surface area contributed by atoms with E-state index in [9.17, 15) is 17.6 Å². The first-order chi connectivity index (χ1) is 6.90. The van der Waals surface area contributed by atoms with E-state index in [2.05, 4.69) is 0 Å². The second-order valence-corrected chi connectivity index (χ2v) is 5.22. The van der Waals surface area contributed by atoms with E-state index in [1.807, 2.05) is 0 Å². The van der Waals surface area contributed by atoms with Crippen molar-refractivity contribution in [2.24, 2.45) is 0 Å². The van der Waals surface area contributed by atoms with Gasteiger partial charge in [-0.1, -0.05) is 6.92 Å². The largest absolute Gasteiger partial charge is 0.298 e. The predicted octanol–water partition coefficient (Wildman–Crippen LogP) is 1.60. The number of halogens is 1. The van der Waals surface area contributed by atoms with Crippen LogP contribution in [0.15, 0.2) is 17.0 Å². The lowest BCUT2D eigenvalue weighted by Crippen LogP contribution is -2.05. The molecule has 0 aromatic heterocycles. The summed E-state index contributed by atoms with van der Waals surface area (Å²) in [5.74, 6) is -0.787. The van der Waals surface area contributed by atoms with Crippen molar-refractivity contribution in [3.05, 3.63) is 29.1 Å². The van der Waals surface area contributed by atoms with Gasteiger partial charge in [-0.05, 0) is 24.1 Å².